The lowest BCUT2D eigenvalue weighted by molar-refractivity contribution is -0.121. The van der Waals surface area contributed by atoms with Gasteiger partial charge in [0.15, 0.2) is 22.3 Å². The summed E-state index contributed by atoms with van der Waals surface area (Å²) in [5.74, 6) is 1.84. The molecule has 0 aliphatic carbocycles. The van der Waals surface area contributed by atoms with Crippen molar-refractivity contribution in [2.75, 3.05) is 26.5 Å². The largest absolute Gasteiger partial charge is 0.493 e. The van der Waals surface area contributed by atoms with Crippen LogP contribution in [0.15, 0.2) is 64.7 Å². The van der Waals surface area contributed by atoms with Crippen LogP contribution in [0.2, 0.25) is 0 Å². The van der Waals surface area contributed by atoms with E-state index in [-0.39, 0.29) is 23.9 Å². The van der Waals surface area contributed by atoms with Crippen molar-refractivity contribution in [1.82, 2.24) is 24.6 Å². The summed E-state index contributed by atoms with van der Waals surface area (Å²) < 4.78 is 13.9. The van der Waals surface area contributed by atoms with Crippen LogP contribution in [0.5, 0.6) is 11.5 Å². The van der Waals surface area contributed by atoms with Gasteiger partial charge < -0.3 is 14.8 Å². The minimum atomic E-state index is -0.249. The van der Waals surface area contributed by atoms with E-state index in [1.807, 2.05) is 48.5 Å². The summed E-state index contributed by atoms with van der Waals surface area (Å²) in [5, 5.41) is 8.40. The van der Waals surface area contributed by atoms with Crippen LogP contribution in [0.25, 0.3) is 16.7 Å². The molecule has 10 heteroatoms. The third-order valence-corrected chi connectivity index (χ3v) is 7.07. The number of nitrogens with one attached hydrogen (secondary N) is 1. The maximum absolute atomic E-state index is 13.3. The lowest BCUT2D eigenvalue weighted by Gasteiger charge is -2.14. The van der Waals surface area contributed by atoms with Gasteiger partial charge in [-0.05, 0) is 36.2 Å². The Labute approximate surface area is 206 Å². The van der Waals surface area contributed by atoms with E-state index in [1.54, 1.807) is 29.7 Å². The van der Waals surface area contributed by atoms with E-state index in [0.717, 1.165) is 11.3 Å². The van der Waals surface area contributed by atoms with Crippen molar-refractivity contribution >= 4 is 28.7 Å². The predicted molar refractivity (Wildman–Crippen MR) is 134 cm³/mol. The van der Waals surface area contributed by atoms with Crippen LogP contribution in [-0.2, 0) is 11.2 Å². The molecule has 1 atom stereocenters. The first-order valence-electron chi connectivity index (χ1n) is 11.2. The van der Waals surface area contributed by atoms with Gasteiger partial charge in [0.1, 0.15) is 5.39 Å². The molecule has 5 rings (SSSR count). The van der Waals surface area contributed by atoms with E-state index >= 15 is 0 Å². The second-order valence-electron chi connectivity index (χ2n) is 8.16. The van der Waals surface area contributed by atoms with E-state index in [1.165, 1.54) is 11.8 Å². The first-order valence-corrected chi connectivity index (χ1v) is 12.2. The first kappa shape index (κ1) is 23.0. The van der Waals surface area contributed by atoms with Gasteiger partial charge >= 0.3 is 0 Å². The second kappa shape index (κ2) is 9.83. The quantitative estimate of drug-likeness (QED) is 0.378. The van der Waals surface area contributed by atoms with Crippen molar-refractivity contribution < 1.29 is 14.3 Å². The second-order valence-corrected chi connectivity index (χ2v) is 9.14. The average Bonchev–Trinajstić information content (AvgIpc) is 3.49. The Morgan fingerprint density at radius 3 is 2.71 bits per heavy atom. The normalized spacial score (nSPS) is 14.6. The molecule has 1 N–H and O–H groups in total. The summed E-state index contributed by atoms with van der Waals surface area (Å²) in [4.78, 5) is 30.7. The van der Waals surface area contributed by atoms with Crippen molar-refractivity contribution in [2.45, 2.75) is 24.0 Å². The molecule has 0 saturated heterocycles. The number of aromatic nitrogens is 4. The van der Waals surface area contributed by atoms with Crippen LogP contribution in [-0.4, -0.2) is 51.8 Å². The maximum Gasteiger partial charge on any atom is 0.265 e. The molecule has 9 nitrogen and oxygen atoms in total. The minimum Gasteiger partial charge on any atom is -0.493 e. The molecular formula is C25H25N5O4S. The fourth-order valence-corrected chi connectivity index (χ4v) is 5.34. The number of para-hydroxylation sites is 1. The van der Waals surface area contributed by atoms with Crippen LogP contribution >= 0.6 is 11.8 Å². The SMILES string of the molecule is COc1ccc(CCNC(=O)CC2CSc3nc4c(cnn4-c4ccccc4)c(=O)n32)cc1OC. The highest BCUT2D eigenvalue weighted by atomic mass is 32.2. The van der Waals surface area contributed by atoms with Gasteiger partial charge in [-0.3, -0.25) is 14.2 Å². The summed E-state index contributed by atoms with van der Waals surface area (Å²) in [6.45, 7) is 0.483. The molecule has 0 saturated carbocycles. The first-order chi connectivity index (χ1) is 17.1. The number of thioether (sulfide) groups is 1. The van der Waals surface area contributed by atoms with Crippen molar-refractivity contribution in [3.05, 3.63) is 70.6 Å². The number of nitrogens with zero attached hydrogens (tertiary/aromatic N) is 4. The standard InChI is InChI=1S/C25H25N5O4S/c1-33-20-9-8-16(12-21(20)34-2)10-11-26-22(31)13-18-15-35-25-28-23-19(24(32)29(18)25)14-27-30(23)17-6-4-3-5-7-17/h3-9,12,14,18H,10-11,13,15H2,1-2H3,(H,26,31). The Morgan fingerprint density at radius 1 is 1.14 bits per heavy atom. The maximum atomic E-state index is 13.3. The molecule has 4 aromatic rings. The minimum absolute atomic E-state index is 0.101. The van der Waals surface area contributed by atoms with E-state index in [9.17, 15) is 9.59 Å². The average molecular weight is 492 g/mol. The van der Waals surface area contributed by atoms with E-state index in [0.29, 0.717) is 46.4 Å². The van der Waals surface area contributed by atoms with Crippen molar-refractivity contribution in [2.24, 2.45) is 0 Å². The lowest BCUT2D eigenvalue weighted by Crippen LogP contribution is -2.31. The van der Waals surface area contributed by atoms with E-state index in [2.05, 4.69) is 10.4 Å². The molecule has 35 heavy (non-hydrogen) atoms. The van der Waals surface area contributed by atoms with Crippen LogP contribution in [0.1, 0.15) is 18.0 Å². The Hall–Kier alpha value is -3.79. The molecule has 2 aromatic heterocycles. The summed E-state index contributed by atoms with van der Waals surface area (Å²) in [6, 6.07) is 15.0. The van der Waals surface area contributed by atoms with Gasteiger partial charge in [-0.15, -0.1) is 0 Å². The zero-order valence-corrected chi connectivity index (χ0v) is 20.2. The summed E-state index contributed by atoms with van der Waals surface area (Å²) in [7, 11) is 3.19. The Balaban J connectivity index is 1.27. The molecule has 0 bridgehead atoms. The Morgan fingerprint density at radius 2 is 1.94 bits per heavy atom. The number of rotatable bonds is 8. The van der Waals surface area contributed by atoms with Crippen LogP contribution in [0, 0.1) is 0 Å². The molecule has 0 spiro atoms. The van der Waals surface area contributed by atoms with Gasteiger partial charge in [0, 0.05) is 18.7 Å². The third-order valence-electron chi connectivity index (χ3n) is 5.98. The molecule has 1 aliphatic heterocycles. The zero-order chi connectivity index (χ0) is 24.4. The number of fused-ring (bicyclic) bond motifs is 2. The van der Waals surface area contributed by atoms with Gasteiger partial charge in [0.2, 0.25) is 5.91 Å². The van der Waals surface area contributed by atoms with Crippen molar-refractivity contribution in [3.8, 4) is 17.2 Å². The monoisotopic (exact) mass is 491 g/mol. The van der Waals surface area contributed by atoms with Gasteiger partial charge in [-0.1, -0.05) is 36.0 Å². The van der Waals surface area contributed by atoms with Gasteiger partial charge in [-0.25, -0.2) is 9.67 Å². The number of amides is 1. The fraction of sp³-hybridized carbons (Fsp3) is 0.280. The highest BCUT2D eigenvalue weighted by Crippen LogP contribution is 2.33. The molecule has 180 valence electrons. The fourth-order valence-electron chi connectivity index (χ4n) is 4.21. The van der Waals surface area contributed by atoms with Crippen LogP contribution in [0.4, 0.5) is 0 Å². The van der Waals surface area contributed by atoms with Crippen LogP contribution < -0.4 is 20.3 Å². The summed E-state index contributed by atoms with van der Waals surface area (Å²) in [6.07, 6.45) is 2.42. The van der Waals surface area contributed by atoms with Crippen molar-refractivity contribution in [1.29, 1.82) is 0 Å². The lowest BCUT2D eigenvalue weighted by atomic mass is 10.1. The number of benzene rings is 2. The highest BCUT2D eigenvalue weighted by molar-refractivity contribution is 7.99. The zero-order valence-electron chi connectivity index (χ0n) is 19.4. The number of ether oxygens (including phenoxy) is 2. The van der Waals surface area contributed by atoms with Gasteiger partial charge in [0.25, 0.3) is 5.56 Å². The molecular weight excluding hydrogens is 466 g/mol. The predicted octanol–water partition coefficient (Wildman–Crippen LogP) is 3.00. The summed E-state index contributed by atoms with van der Waals surface area (Å²) >= 11 is 1.49. The smallest absolute Gasteiger partial charge is 0.265 e. The number of hydrogen-bond acceptors (Lipinski definition) is 7. The summed E-state index contributed by atoms with van der Waals surface area (Å²) in [5.41, 5.74) is 2.23. The topological polar surface area (TPSA) is 100 Å². The van der Waals surface area contributed by atoms with E-state index < -0.39 is 0 Å². The molecule has 0 radical (unpaired) electrons. The molecule has 0 fully saturated rings. The van der Waals surface area contributed by atoms with Gasteiger partial charge in [0.05, 0.1) is 32.1 Å². The highest BCUT2D eigenvalue weighted by Gasteiger charge is 2.29. The molecule has 3 heterocycles. The third kappa shape index (κ3) is 4.49. The van der Waals surface area contributed by atoms with Crippen LogP contribution in [0.3, 0.4) is 0 Å². The van der Waals surface area contributed by atoms with Crippen molar-refractivity contribution in [3.63, 3.8) is 0 Å². The van der Waals surface area contributed by atoms with Gasteiger partial charge in [-0.2, -0.15) is 5.10 Å². The number of hydrogen-bond donors (Lipinski definition) is 1. The molecule has 1 aliphatic rings. The number of carbonyl (C=O) groups is 1. The molecule has 2 aromatic carbocycles. The number of carbonyl (C=O) groups excluding carboxylic acids is 1. The molecule has 1 amide bonds. The molecule has 1 unspecified atom stereocenters. The van der Waals surface area contributed by atoms with E-state index in [4.69, 9.17) is 14.5 Å². The Kier molecular flexibility index (Phi) is 6.45. The number of methoxy groups -OCH3 is 2. The Bertz CT molecular complexity index is 1430.